The average Bonchev–Trinajstić information content (AvgIpc) is 2.73. The van der Waals surface area contributed by atoms with Gasteiger partial charge in [-0.3, -0.25) is 15.0 Å². The lowest BCUT2D eigenvalue weighted by atomic mass is 10.0. The number of amides is 2. The maximum atomic E-state index is 12.5. The number of hydrogen-bond acceptors (Lipinski definition) is 7. The number of nitrogens with zero attached hydrogens (tertiary/aromatic N) is 1. The molecule has 0 saturated carbocycles. The van der Waals surface area contributed by atoms with Crippen LogP contribution in [0.5, 0.6) is 0 Å². The predicted molar refractivity (Wildman–Crippen MR) is 116 cm³/mol. The predicted octanol–water partition coefficient (Wildman–Crippen LogP) is -2.24. The van der Waals surface area contributed by atoms with E-state index in [1.165, 1.54) is 11.8 Å². The van der Waals surface area contributed by atoms with E-state index in [0.29, 0.717) is 24.9 Å². The monoisotopic (exact) mass is 470 g/mol. The van der Waals surface area contributed by atoms with Gasteiger partial charge in [0.1, 0.15) is 18.3 Å². The molecule has 1 fully saturated rings. The molecule has 12 nitrogen and oxygen atoms in total. The van der Waals surface area contributed by atoms with Crippen LogP contribution in [0.25, 0.3) is 0 Å². The minimum Gasteiger partial charge on any atom is -0.394 e. The standard InChI is InChI=1S/C19H30N6O6S/c1-12(16(27)23-14-8-5-9-25(18(14)29)19(20)21)22-17(28)15(10-26)24-32(30,31)11-13-6-3-2-4-7-13/h2-4,6-7,12,14-15,18,24,26,29H,5,8-11H2,1H3,(H3,20,21)(H,22,28)(H,23,27)/t12-,14+,15+,18?/m0/s1. The quantitative estimate of drug-likeness (QED) is 0.155. The first-order chi connectivity index (χ1) is 15.0. The highest BCUT2D eigenvalue weighted by atomic mass is 32.2. The number of aliphatic hydroxyl groups is 2. The van der Waals surface area contributed by atoms with Crippen LogP contribution in [0, 0.1) is 5.41 Å². The highest BCUT2D eigenvalue weighted by molar-refractivity contribution is 7.88. The van der Waals surface area contributed by atoms with Crippen LogP contribution in [-0.2, 0) is 25.4 Å². The van der Waals surface area contributed by atoms with Crippen molar-refractivity contribution in [2.45, 2.75) is 49.9 Å². The molecule has 0 bridgehead atoms. The number of likely N-dealkylation sites (tertiary alicyclic amines) is 1. The first-order valence-electron chi connectivity index (χ1n) is 10.1. The molecular formula is C19H30N6O6S. The Morgan fingerprint density at radius 1 is 1.28 bits per heavy atom. The van der Waals surface area contributed by atoms with Crippen molar-refractivity contribution >= 4 is 27.8 Å². The number of carbonyl (C=O) groups excluding carboxylic acids is 2. The summed E-state index contributed by atoms with van der Waals surface area (Å²) in [5, 5.41) is 32.2. The van der Waals surface area contributed by atoms with Gasteiger partial charge in [0.25, 0.3) is 0 Å². The molecule has 1 unspecified atom stereocenters. The molecule has 1 aromatic carbocycles. The van der Waals surface area contributed by atoms with Gasteiger partial charge in [-0.2, -0.15) is 0 Å². The molecule has 1 aromatic rings. The van der Waals surface area contributed by atoms with Crippen LogP contribution in [0.2, 0.25) is 0 Å². The van der Waals surface area contributed by atoms with E-state index in [2.05, 4.69) is 15.4 Å². The van der Waals surface area contributed by atoms with Crippen molar-refractivity contribution in [3.63, 3.8) is 0 Å². The molecule has 1 aliphatic heterocycles. The Labute approximate surface area is 186 Å². The van der Waals surface area contributed by atoms with Crippen LogP contribution in [0.3, 0.4) is 0 Å². The molecule has 1 saturated heterocycles. The maximum Gasteiger partial charge on any atom is 0.242 e. The molecule has 2 amide bonds. The topological polar surface area (TPSA) is 198 Å². The smallest absolute Gasteiger partial charge is 0.242 e. The van der Waals surface area contributed by atoms with Crippen LogP contribution in [0.15, 0.2) is 30.3 Å². The van der Waals surface area contributed by atoms with Gasteiger partial charge >= 0.3 is 0 Å². The lowest BCUT2D eigenvalue weighted by Crippen LogP contribution is -2.61. The van der Waals surface area contributed by atoms with Gasteiger partial charge in [-0.1, -0.05) is 30.3 Å². The van der Waals surface area contributed by atoms with E-state index in [9.17, 15) is 28.2 Å². The second-order valence-electron chi connectivity index (χ2n) is 7.58. The lowest BCUT2D eigenvalue weighted by Gasteiger charge is -2.38. The van der Waals surface area contributed by atoms with E-state index in [0.717, 1.165) is 0 Å². The van der Waals surface area contributed by atoms with Gasteiger partial charge < -0.3 is 31.5 Å². The third kappa shape index (κ3) is 7.15. The normalized spacial score (nSPS) is 20.8. The highest BCUT2D eigenvalue weighted by Crippen LogP contribution is 2.15. The highest BCUT2D eigenvalue weighted by Gasteiger charge is 2.33. The molecular weight excluding hydrogens is 440 g/mol. The number of aliphatic hydroxyl groups excluding tert-OH is 2. The van der Waals surface area contributed by atoms with Crippen molar-refractivity contribution in [3.8, 4) is 0 Å². The SMILES string of the molecule is C[C@H](NC(=O)[C@@H](CO)NS(=O)(=O)Cc1ccccc1)C(=O)N[C@@H]1CCCN(C(=N)N)C1O. The number of carbonyl (C=O) groups is 2. The molecule has 178 valence electrons. The summed E-state index contributed by atoms with van der Waals surface area (Å²) in [6, 6.07) is 5.09. The molecule has 1 heterocycles. The van der Waals surface area contributed by atoms with Gasteiger partial charge in [0.15, 0.2) is 5.96 Å². The third-order valence-corrected chi connectivity index (χ3v) is 6.36. The minimum absolute atomic E-state index is 0.314. The van der Waals surface area contributed by atoms with Crippen molar-refractivity contribution in [2.24, 2.45) is 5.73 Å². The second kappa shape index (κ2) is 11.2. The summed E-state index contributed by atoms with van der Waals surface area (Å²) < 4.78 is 26.8. The first kappa shape index (κ1) is 25.5. The Morgan fingerprint density at radius 3 is 2.53 bits per heavy atom. The average molecular weight is 471 g/mol. The van der Waals surface area contributed by atoms with E-state index in [4.69, 9.17) is 11.1 Å². The van der Waals surface area contributed by atoms with Gasteiger partial charge in [-0.15, -0.1) is 0 Å². The van der Waals surface area contributed by atoms with E-state index in [1.54, 1.807) is 30.3 Å². The maximum absolute atomic E-state index is 12.5. The molecule has 0 spiro atoms. The second-order valence-corrected chi connectivity index (χ2v) is 9.33. The minimum atomic E-state index is -3.93. The Hall–Kier alpha value is -2.74. The summed E-state index contributed by atoms with van der Waals surface area (Å²) in [6.45, 7) is 0.970. The van der Waals surface area contributed by atoms with E-state index >= 15 is 0 Å². The van der Waals surface area contributed by atoms with Crippen LogP contribution >= 0.6 is 0 Å². The number of nitrogens with two attached hydrogens (primary N) is 1. The van der Waals surface area contributed by atoms with Crippen molar-refractivity contribution in [1.29, 1.82) is 5.41 Å². The summed E-state index contributed by atoms with van der Waals surface area (Å²) >= 11 is 0. The van der Waals surface area contributed by atoms with Gasteiger partial charge in [0.2, 0.25) is 21.8 Å². The fourth-order valence-corrected chi connectivity index (χ4v) is 4.63. The Morgan fingerprint density at radius 2 is 1.94 bits per heavy atom. The molecule has 0 aliphatic carbocycles. The zero-order chi connectivity index (χ0) is 23.9. The number of benzene rings is 1. The number of nitrogens with one attached hydrogen (secondary N) is 4. The zero-order valence-electron chi connectivity index (χ0n) is 17.7. The zero-order valence-corrected chi connectivity index (χ0v) is 18.5. The number of hydrogen-bond donors (Lipinski definition) is 7. The Bertz CT molecular complexity index is 912. The molecule has 13 heteroatoms. The molecule has 32 heavy (non-hydrogen) atoms. The molecule has 2 rings (SSSR count). The van der Waals surface area contributed by atoms with E-state index in [-0.39, 0.29) is 11.7 Å². The molecule has 8 N–H and O–H groups in total. The number of sulfonamides is 1. The van der Waals surface area contributed by atoms with Crippen LogP contribution in [-0.4, -0.2) is 78.8 Å². The summed E-state index contributed by atoms with van der Waals surface area (Å²) in [5.74, 6) is -2.18. The molecule has 0 radical (unpaired) electrons. The van der Waals surface area contributed by atoms with Gasteiger partial charge in [-0.25, -0.2) is 13.1 Å². The van der Waals surface area contributed by atoms with Gasteiger partial charge in [0, 0.05) is 6.54 Å². The van der Waals surface area contributed by atoms with E-state index < -0.39 is 52.8 Å². The van der Waals surface area contributed by atoms with Crippen LogP contribution in [0.1, 0.15) is 25.3 Å². The van der Waals surface area contributed by atoms with Crippen LogP contribution < -0.4 is 21.1 Å². The van der Waals surface area contributed by atoms with Crippen molar-refractivity contribution in [3.05, 3.63) is 35.9 Å². The fourth-order valence-electron chi connectivity index (χ4n) is 3.30. The third-order valence-electron chi connectivity index (χ3n) is 5.00. The summed E-state index contributed by atoms with van der Waals surface area (Å²) in [7, 11) is -3.93. The molecule has 1 aliphatic rings. The van der Waals surface area contributed by atoms with Crippen LogP contribution in [0.4, 0.5) is 0 Å². The van der Waals surface area contributed by atoms with Crippen molar-refractivity contribution in [2.75, 3.05) is 13.2 Å². The summed E-state index contributed by atoms with van der Waals surface area (Å²) in [4.78, 5) is 26.2. The molecule has 0 aromatic heterocycles. The lowest BCUT2D eigenvalue weighted by molar-refractivity contribution is -0.131. The summed E-state index contributed by atoms with van der Waals surface area (Å²) in [5.41, 5.74) is 5.93. The summed E-state index contributed by atoms with van der Waals surface area (Å²) in [6.07, 6.45) is -0.128. The van der Waals surface area contributed by atoms with Crippen molar-refractivity contribution in [1.82, 2.24) is 20.3 Å². The van der Waals surface area contributed by atoms with Gasteiger partial charge in [0.05, 0.1) is 18.4 Å². The first-order valence-corrected chi connectivity index (χ1v) is 11.7. The Balaban J connectivity index is 1.92. The largest absolute Gasteiger partial charge is 0.394 e. The van der Waals surface area contributed by atoms with Crippen molar-refractivity contribution < 1.29 is 28.2 Å². The number of rotatable bonds is 9. The number of piperidine rings is 1. The fraction of sp³-hybridized carbons (Fsp3) is 0.526. The molecule has 4 atom stereocenters. The number of guanidine groups is 1. The van der Waals surface area contributed by atoms with Gasteiger partial charge in [-0.05, 0) is 25.3 Å². The Kier molecular flexibility index (Phi) is 8.95. The van der Waals surface area contributed by atoms with E-state index in [1.807, 2.05) is 0 Å².